The Hall–Kier alpha value is -2.56. The molecule has 0 bridgehead atoms. The molecule has 0 spiro atoms. The van der Waals surface area contributed by atoms with Gasteiger partial charge in [0.1, 0.15) is 0 Å². The van der Waals surface area contributed by atoms with Crippen molar-refractivity contribution >= 4 is 5.91 Å². The molecule has 1 aromatic carbocycles. The van der Waals surface area contributed by atoms with Crippen LogP contribution in [-0.2, 0) is 0 Å². The molecule has 1 amide bonds. The zero-order valence-electron chi connectivity index (χ0n) is 12.3. The van der Waals surface area contributed by atoms with Crippen LogP contribution in [0.25, 0.3) is 0 Å². The fourth-order valence-corrected chi connectivity index (χ4v) is 1.97. The summed E-state index contributed by atoms with van der Waals surface area (Å²) >= 11 is 0. The Labute approximate surface area is 123 Å². The summed E-state index contributed by atoms with van der Waals surface area (Å²) in [6, 6.07) is 8.71. The van der Waals surface area contributed by atoms with Gasteiger partial charge >= 0.3 is 0 Å². The third kappa shape index (κ3) is 3.51. The molecular formula is C16H18N2O3. The molecule has 0 saturated heterocycles. The predicted octanol–water partition coefficient (Wildman–Crippen LogP) is 2.59. The lowest BCUT2D eigenvalue weighted by molar-refractivity contribution is 0.0939. The van der Waals surface area contributed by atoms with Crippen LogP contribution in [0.15, 0.2) is 42.7 Å². The molecule has 0 aliphatic carbocycles. The van der Waals surface area contributed by atoms with Gasteiger partial charge in [0.2, 0.25) is 0 Å². The molecule has 0 saturated carbocycles. The summed E-state index contributed by atoms with van der Waals surface area (Å²) in [5.74, 6) is 0.945. The molecule has 0 radical (unpaired) electrons. The minimum Gasteiger partial charge on any atom is -0.493 e. The van der Waals surface area contributed by atoms with Crippen LogP contribution >= 0.6 is 0 Å². The molecule has 21 heavy (non-hydrogen) atoms. The van der Waals surface area contributed by atoms with E-state index in [0.29, 0.717) is 17.1 Å². The van der Waals surface area contributed by atoms with Crippen molar-refractivity contribution in [2.24, 2.45) is 0 Å². The van der Waals surface area contributed by atoms with Gasteiger partial charge in [0, 0.05) is 18.0 Å². The molecule has 1 N–H and O–H groups in total. The fourth-order valence-electron chi connectivity index (χ4n) is 1.97. The summed E-state index contributed by atoms with van der Waals surface area (Å²) in [6.45, 7) is 1.91. The lowest BCUT2D eigenvalue weighted by Crippen LogP contribution is -2.26. The maximum absolute atomic E-state index is 12.3. The van der Waals surface area contributed by atoms with Gasteiger partial charge in [-0.3, -0.25) is 9.78 Å². The molecule has 1 aromatic heterocycles. The minimum absolute atomic E-state index is 0.126. The third-order valence-corrected chi connectivity index (χ3v) is 3.18. The summed E-state index contributed by atoms with van der Waals surface area (Å²) in [5, 5.41) is 2.93. The summed E-state index contributed by atoms with van der Waals surface area (Å²) in [7, 11) is 3.10. The SMILES string of the molecule is COc1ccc(C(=O)N[C@H](C)c2cccnc2)cc1OC. The number of amides is 1. The van der Waals surface area contributed by atoms with Gasteiger partial charge in [0.15, 0.2) is 11.5 Å². The number of nitrogens with one attached hydrogen (secondary N) is 1. The fraction of sp³-hybridized carbons (Fsp3) is 0.250. The number of aromatic nitrogens is 1. The van der Waals surface area contributed by atoms with Crippen LogP contribution in [0.2, 0.25) is 0 Å². The second-order valence-electron chi connectivity index (χ2n) is 4.55. The second-order valence-corrected chi connectivity index (χ2v) is 4.55. The van der Waals surface area contributed by atoms with Gasteiger partial charge in [0.25, 0.3) is 5.91 Å². The van der Waals surface area contributed by atoms with E-state index >= 15 is 0 Å². The van der Waals surface area contributed by atoms with Crippen LogP contribution in [0.1, 0.15) is 28.9 Å². The summed E-state index contributed by atoms with van der Waals surface area (Å²) < 4.78 is 10.4. The molecule has 0 aliphatic rings. The van der Waals surface area contributed by atoms with Crippen LogP contribution < -0.4 is 14.8 Å². The van der Waals surface area contributed by atoms with Gasteiger partial charge in [0.05, 0.1) is 20.3 Å². The topological polar surface area (TPSA) is 60.5 Å². The van der Waals surface area contributed by atoms with E-state index in [1.165, 1.54) is 7.11 Å². The molecule has 2 rings (SSSR count). The van der Waals surface area contributed by atoms with Crippen molar-refractivity contribution in [2.75, 3.05) is 14.2 Å². The Morgan fingerprint density at radius 3 is 2.57 bits per heavy atom. The zero-order valence-corrected chi connectivity index (χ0v) is 12.3. The number of pyridine rings is 1. The first-order valence-corrected chi connectivity index (χ1v) is 6.58. The van der Waals surface area contributed by atoms with Crippen molar-refractivity contribution in [1.82, 2.24) is 10.3 Å². The molecule has 2 aromatic rings. The monoisotopic (exact) mass is 286 g/mol. The molecule has 0 fully saturated rings. The van der Waals surface area contributed by atoms with Gasteiger partial charge in [-0.2, -0.15) is 0 Å². The average molecular weight is 286 g/mol. The summed E-state index contributed by atoms with van der Waals surface area (Å²) in [6.07, 6.45) is 3.44. The first-order chi connectivity index (χ1) is 10.2. The highest BCUT2D eigenvalue weighted by atomic mass is 16.5. The van der Waals surface area contributed by atoms with Crippen LogP contribution in [0.5, 0.6) is 11.5 Å². The van der Waals surface area contributed by atoms with E-state index in [9.17, 15) is 4.79 Å². The number of nitrogens with zero attached hydrogens (tertiary/aromatic N) is 1. The number of hydrogen-bond donors (Lipinski definition) is 1. The summed E-state index contributed by atoms with van der Waals surface area (Å²) in [5.41, 5.74) is 1.47. The highest BCUT2D eigenvalue weighted by Crippen LogP contribution is 2.27. The second kappa shape index (κ2) is 6.74. The normalized spacial score (nSPS) is 11.6. The Morgan fingerprint density at radius 2 is 1.95 bits per heavy atom. The maximum Gasteiger partial charge on any atom is 0.251 e. The van der Waals surface area contributed by atoms with E-state index in [0.717, 1.165) is 5.56 Å². The number of rotatable bonds is 5. The molecule has 1 heterocycles. The third-order valence-electron chi connectivity index (χ3n) is 3.18. The molecule has 5 heteroatoms. The van der Waals surface area contributed by atoms with Crippen LogP contribution in [0, 0.1) is 0 Å². The molecule has 0 unspecified atom stereocenters. The van der Waals surface area contributed by atoms with E-state index in [1.54, 1.807) is 37.7 Å². The van der Waals surface area contributed by atoms with Gasteiger partial charge < -0.3 is 14.8 Å². The van der Waals surface area contributed by atoms with Crippen molar-refractivity contribution in [3.8, 4) is 11.5 Å². The van der Waals surface area contributed by atoms with Crippen LogP contribution in [0.3, 0.4) is 0 Å². The number of methoxy groups -OCH3 is 2. The van der Waals surface area contributed by atoms with Gasteiger partial charge in [-0.25, -0.2) is 0 Å². The predicted molar refractivity (Wildman–Crippen MR) is 79.7 cm³/mol. The molecular weight excluding hydrogens is 268 g/mol. The molecule has 1 atom stereocenters. The number of carbonyl (C=O) groups is 1. The molecule has 0 aliphatic heterocycles. The largest absolute Gasteiger partial charge is 0.493 e. The van der Waals surface area contributed by atoms with Crippen molar-refractivity contribution in [3.05, 3.63) is 53.9 Å². The van der Waals surface area contributed by atoms with E-state index < -0.39 is 0 Å². The van der Waals surface area contributed by atoms with E-state index in [2.05, 4.69) is 10.3 Å². The molecule has 5 nitrogen and oxygen atoms in total. The van der Waals surface area contributed by atoms with Crippen molar-refractivity contribution < 1.29 is 14.3 Å². The number of hydrogen-bond acceptors (Lipinski definition) is 4. The van der Waals surface area contributed by atoms with Crippen LogP contribution in [-0.4, -0.2) is 25.1 Å². The van der Waals surface area contributed by atoms with Crippen molar-refractivity contribution in [1.29, 1.82) is 0 Å². The molecule has 110 valence electrons. The Bertz CT molecular complexity index is 614. The van der Waals surface area contributed by atoms with Gasteiger partial charge in [-0.05, 0) is 36.8 Å². The maximum atomic E-state index is 12.3. The Balaban J connectivity index is 2.13. The van der Waals surface area contributed by atoms with Gasteiger partial charge in [-0.1, -0.05) is 6.07 Å². The van der Waals surface area contributed by atoms with Gasteiger partial charge in [-0.15, -0.1) is 0 Å². The van der Waals surface area contributed by atoms with E-state index in [1.807, 2.05) is 19.1 Å². The first kappa shape index (κ1) is 14.8. The quantitative estimate of drug-likeness (QED) is 0.917. The standard InChI is InChI=1S/C16H18N2O3/c1-11(13-5-4-8-17-10-13)18-16(19)12-6-7-14(20-2)15(9-12)21-3/h4-11H,1-3H3,(H,18,19)/t11-/m1/s1. The van der Waals surface area contributed by atoms with Crippen LogP contribution in [0.4, 0.5) is 0 Å². The highest BCUT2D eigenvalue weighted by molar-refractivity contribution is 5.95. The smallest absolute Gasteiger partial charge is 0.251 e. The number of benzene rings is 1. The average Bonchev–Trinajstić information content (AvgIpc) is 2.54. The van der Waals surface area contributed by atoms with E-state index in [4.69, 9.17) is 9.47 Å². The van der Waals surface area contributed by atoms with Crippen molar-refractivity contribution in [3.63, 3.8) is 0 Å². The van der Waals surface area contributed by atoms with E-state index in [-0.39, 0.29) is 11.9 Å². The number of carbonyl (C=O) groups excluding carboxylic acids is 1. The summed E-state index contributed by atoms with van der Waals surface area (Å²) in [4.78, 5) is 16.3. The van der Waals surface area contributed by atoms with Crippen molar-refractivity contribution in [2.45, 2.75) is 13.0 Å². The lowest BCUT2D eigenvalue weighted by atomic mass is 10.1. The number of ether oxygens (including phenoxy) is 2. The first-order valence-electron chi connectivity index (χ1n) is 6.58. The Kier molecular flexibility index (Phi) is 4.77. The highest BCUT2D eigenvalue weighted by Gasteiger charge is 2.14. The zero-order chi connectivity index (χ0) is 15.2. The minimum atomic E-state index is -0.174. The lowest BCUT2D eigenvalue weighted by Gasteiger charge is -2.15. The Morgan fingerprint density at radius 1 is 1.19 bits per heavy atom.